The number of hydrogen-bond acceptors (Lipinski definition) is 11. The van der Waals surface area contributed by atoms with Crippen LogP contribution < -0.4 is 5.32 Å². The van der Waals surface area contributed by atoms with E-state index >= 15 is 0 Å². The first-order valence-corrected chi connectivity index (χ1v) is 13.4. The van der Waals surface area contributed by atoms with Crippen LogP contribution in [0.15, 0.2) is 47.5 Å². The minimum Gasteiger partial charge on any atom is -0.387 e. The van der Waals surface area contributed by atoms with Gasteiger partial charge in [-0.15, -0.1) is 0 Å². The van der Waals surface area contributed by atoms with Crippen LogP contribution in [0.5, 0.6) is 0 Å². The van der Waals surface area contributed by atoms with Gasteiger partial charge in [-0.05, 0) is 18.6 Å². The summed E-state index contributed by atoms with van der Waals surface area (Å²) >= 11 is 7.47. The molecule has 2 aliphatic heterocycles. The molecule has 2 saturated heterocycles. The molecular formula is C24H25ClN6O5S. The van der Waals surface area contributed by atoms with Gasteiger partial charge in [0.15, 0.2) is 23.2 Å². The maximum Gasteiger partial charge on any atom is 0.167 e. The molecule has 3 aromatic heterocycles. The van der Waals surface area contributed by atoms with E-state index in [0.717, 1.165) is 17.7 Å². The third kappa shape index (κ3) is 5.05. The maximum atomic E-state index is 10.8. The number of benzene rings is 1. The average Bonchev–Trinajstić information content (AvgIpc) is 3.70. The van der Waals surface area contributed by atoms with Crippen LogP contribution in [0.3, 0.4) is 0 Å². The lowest BCUT2D eigenvalue weighted by Crippen LogP contribution is -2.32. The molecule has 11 nitrogen and oxygen atoms in total. The Hall–Kier alpha value is -2.74. The number of imidazole rings is 1. The van der Waals surface area contributed by atoms with Crippen LogP contribution in [0, 0.1) is 0 Å². The van der Waals surface area contributed by atoms with Crippen LogP contribution >= 0.6 is 23.4 Å². The van der Waals surface area contributed by atoms with Crippen LogP contribution in [0.1, 0.15) is 18.4 Å². The van der Waals surface area contributed by atoms with Gasteiger partial charge in [-0.1, -0.05) is 28.9 Å². The molecule has 2 fully saturated rings. The van der Waals surface area contributed by atoms with Crippen molar-refractivity contribution < 1.29 is 24.2 Å². The molecule has 194 valence electrons. The molecule has 0 radical (unpaired) electrons. The monoisotopic (exact) mass is 544 g/mol. The second-order valence-electron chi connectivity index (χ2n) is 9.00. The SMILES string of the molecule is O[C@@H]1[C@H](O)[C@H](n2cnc3c(NC4CCOC4)ncnc32)O[C@H]1CSCc1cc(-c2ccc(Cl)cc2)no1. The Morgan fingerprint density at radius 3 is 2.81 bits per heavy atom. The fraction of sp³-hybridized carbons (Fsp3) is 0.417. The zero-order chi connectivity index (χ0) is 25.4. The number of aromatic nitrogens is 5. The highest BCUT2D eigenvalue weighted by Crippen LogP contribution is 2.34. The number of anilines is 1. The predicted molar refractivity (Wildman–Crippen MR) is 137 cm³/mol. The quantitative estimate of drug-likeness (QED) is 0.301. The van der Waals surface area contributed by atoms with Gasteiger partial charge in [-0.25, -0.2) is 15.0 Å². The molecule has 6 rings (SSSR count). The number of rotatable bonds is 8. The number of fused-ring (bicyclic) bond motifs is 1. The molecule has 0 spiro atoms. The van der Waals surface area contributed by atoms with E-state index in [1.165, 1.54) is 18.1 Å². The second-order valence-corrected chi connectivity index (χ2v) is 10.5. The molecule has 1 aromatic carbocycles. The van der Waals surface area contributed by atoms with Crippen molar-refractivity contribution in [2.75, 3.05) is 24.3 Å². The van der Waals surface area contributed by atoms with Gasteiger partial charge in [0.1, 0.15) is 30.0 Å². The molecular weight excluding hydrogens is 520 g/mol. The average molecular weight is 545 g/mol. The summed E-state index contributed by atoms with van der Waals surface area (Å²) in [5.74, 6) is 2.28. The highest BCUT2D eigenvalue weighted by Gasteiger charge is 2.44. The summed E-state index contributed by atoms with van der Waals surface area (Å²) in [6, 6.07) is 9.41. The van der Waals surface area contributed by atoms with E-state index in [4.69, 9.17) is 25.6 Å². The lowest BCUT2D eigenvalue weighted by Gasteiger charge is -2.17. The second kappa shape index (κ2) is 10.6. The maximum absolute atomic E-state index is 10.8. The number of thioether (sulfide) groups is 1. The first kappa shape index (κ1) is 24.6. The van der Waals surface area contributed by atoms with E-state index in [9.17, 15) is 10.2 Å². The van der Waals surface area contributed by atoms with Crippen molar-refractivity contribution in [1.29, 1.82) is 0 Å². The third-order valence-corrected chi connectivity index (χ3v) is 7.77. The zero-order valence-electron chi connectivity index (χ0n) is 19.6. The van der Waals surface area contributed by atoms with Crippen molar-refractivity contribution in [1.82, 2.24) is 24.7 Å². The van der Waals surface area contributed by atoms with Gasteiger partial charge < -0.3 is 29.5 Å². The van der Waals surface area contributed by atoms with Crippen molar-refractivity contribution in [3.8, 4) is 11.3 Å². The molecule has 0 amide bonds. The van der Waals surface area contributed by atoms with Crippen molar-refractivity contribution >= 4 is 40.3 Å². The smallest absolute Gasteiger partial charge is 0.167 e. The Labute approximate surface area is 221 Å². The van der Waals surface area contributed by atoms with Gasteiger partial charge in [0, 0.05) is 29.0 Å². The number of nitrogens with one attached hydrogen (secondary N) is 1. The first-order chi connectivity index (χ1) is 18.1. The molecule has 3 N–H and O–H groups in total. The summed E-state index contributed by atoms with van der Waals surface area (Å²) in [7, 11) is 0. The number of nitrogens with zero attached hydrogens (tertiary/aromatic N) is 5. The van der Waals surface area contributed by atoms with Gasteiger partial charge in [-0.2, -0.15) is 11.8 Å². The number of hydrogen-bond donors (Lipinski definition) is 3. The van der Waals surface area contributed by atoms with Crippen molar-refractivity contribution in [3.05, 3.63) is 53.8 Å². The number of ether oxygens (including phenoxy) is 2. The Bertz CT molecular complexity index is 1360. The molecule has 37 heavy (non-hydrogen) atoms. The van der Waals surface area contributed by atoms with Gasteiger partial charge in [-0.3, -0.25) is 4.57 Å². The van der Waals surface area contributed by atoms with E-state index in [1.807, 2.05) is 18.2 Å². The lowest BCUT2D eigenvalue weighted by atomic mass is 10.1. The molecule has 5 atom stereocenters. The van der Waals surface area contributed by atoms with Crippen LogP contribution in [0.2, 0.25) is 5.02 Å². The summed E-state index contributed by atoms with van der Waals surface area (Å²) < 4.78 is 18.6. The van der Waals surface area contributed by atoms with Gasteiger partial charge in [0.25, 0.3) is 0 Å². The Kier molecular flexibility index (Phi) is 7.02. The zero-order valence-corrected chi connectivity index (χ0v) is 21.2. The number of aliphatic hydroxyl groups excluding tert-OH is 2. The highest BCUT2D eigenvalue weighted by atomic mass is 35.5. The van der Waals surface area contributed by atoms with Crippen LogP contribution in [-0.4, -0.2) is 78.2 Å². The largest absolute Gasteiger partial charge is 0.387 e. The topological polar surface area (TPSA) is 141 Å². The molecule has 13 heteroatoms. The molecule has 0 aliphatic carbocycles. The summed E-state index contributed by atoms with van der Waals surface area (Å²) in [6.07, 6.45) is 0.265. The summed E-state index contributed by atoms with van der Waals surface area (Å²) in [6.45, 7) is 1.32. The third-order valence-electron chi connectivity index (χ3n) is 6.47. The van der Waals surface area contributed by atoms with E-state index < -0.39 is 24.5 Å². The first-order valence-electron chi connectivity index (χ1n) is 11.9. The number of halogens is 1. The van der Waals surface area contributed by atoms with Crippen LogP contribution in [0.25, 0.3) is 22.4 Å². The van der Waals surface area contributed by atoms with Gasteiger partial charge in [0.2, 0.25) is 0 Å². The molecule has 0 saturated carbocycles. The van der Waals surface area contributed by atoms with Crippen molar-refractivity contribution in [2.45, 2.75) is 42.8 Å². The Morgan fingerprint density at radius 2 is 2.00 bits per heavy atom. The normalized spacial score (nSPS) is 25.8. The molecule has 0 bridgehead atoms. The minimum absolute atomic E-state index is 0.159. The molecule has 5 heterocycles. The fourth-order valence-corrected chi connectivity index (χ4v) is 5.58. The molecule has 1 unspecified atom stereocenters. The van der Waals surface area contributed by atoms with Crippen LogP contribution in [0.4, 0.5) is 5.82 Å². The molecule has 2 aliphatic rings. The van der Waals surface area contributed by atoms with E-state index in [2.05, 4.69) is 25.4 Å². The molecule has 4 aromatic rings. The van der Waals surface area contributed by atoms with Gasteiger partial charge in [0.05, 0.1) is 30.8 Å². The van der Waals surface area contributed by atoms with Crippen LogP contribution in [-0.2, 0) is 15.2 Å². The predicted octanol–water partition coefficient (Wildman–Crippen LogP) is 2.89. The van der Waals surface area contributed by atoms with E-state index in [0.29, 0.717) is 52.5 Å². The van der Waals surface area contributed by atoms with Gasteiger partial charge >= 0.3 is 0 Å². The summed E-state index contributed by atoms with van der Waals surface area (Å²) in [5, 5.41) is 29.6. The highest BCUT2D eigenvalue weighted by molar-refractivity contribution is 7.98. The van der Waals surface area contributed by atoms with E-state index in [-0.39, 0.29) is 6.04 Å². The Balaban J connectivity index is 1.10. The van der Waals surface area contributed by atoms with E-state index in [1.54, 1.807) is 23.0 Å². The summed E-state index contributed by atoms with van der Waals surface area (Å²) in [4.78, 5) is 13.1. The van der Waals surface area contributed by atoms with Crippen molar-refractivity contribution in [3.63, 3.8) is 0 Å². The minimum atomic E-state index is -1.14. The number of aliphatic hydroxyl groups is 2. The summed E-state index contributed by atoms with van der Waals surface area (Å²) in [5.41, 5.74) is 2.72. The fourth-order valence-electron chi connectivity index (χ4n) is 4.50. The standard InChI is InChI=1S/C24H25ClN6O5S/c25-14-3-1-13(2-4-14)17-7-16(36-30-17)9-37-10-18-20(32)21(33)24(35-18)31-12-28-19-22(26-11-27-23(19)31)29-15-5-6-34-8-15/h1-4,7,11-12,15,18,20-21,24,32-33H,5-6,8-10H2,(H,26,27,29)/t15?,18-,20-,21-,24+/m0/s1. The Morgan fingerprint density at radius 1 is 1.14 bits per heavy atom. The lowest BCUT2D eigenvalue weighted by molar-refractivity contribution is -0.0289. The van der Waals surface area contributed by atoms with Crippen molar-refractivity contribution in [2.24, 2.45) is 0 Å².